The van der Waals surface area contributed by atoms with Crippen LogP contribution in [-0.2, 0) is 11.2 Å². The number of aryl methyl sites for hydroxylation is 1. The van der Waals surface area contributed by atoms with Gasteiger partial charge in [0.1, 0.15) is 0 Å². The van der Waals surface area contributed by atoms with E-state index < -0.39 is 11.8 Å². The minimum absolute atomic E-state index is 0.226. The van der Waals surface area contributed by atoms with Gasteiger partial charge in [0, 0.05) is 53.8 Å². The first-order chi connectivity index (χ1) is 17.4. The molecule has 190 valence electrons. The lowest BCUT2D eigenvalue weighted by Crippen LogP contribution is -2.47. The lowest BCUT2D eigenvalue weighted by atomic mass is 9.80. The number of aromatic nitrogens is 3. The summed E-state index contributed by atoms with van der Waals surface area (Å²) in [7, 11) is 0. The highest BCUT2D eigenvalue weighted by molar-refractivity contribution is 7.09. The zero-order chi connectivity index (χ0) is 24.7. The van der Waals surface area contributed by atoms with Crippen LogP contribution in [0.2, 0.25) is 0 Å². The molecule has 9 heteroatoms. The molecule has 1 aromatic carbocycles. The minimum Gasteiger partial charge on any atom is -0.334 e. The van der Waals surface area contributed by atoms with Crippen molar-refractivity contribution in [1.29, 1.82) is 0 Å². The topological polar surface area (TPSA) is 72.1 Å². The molecule has 0 radical (unpaired) electrons. The van der Waals surface area contributed by atoms with E-state index in [9.17, 15) is 13.6 Å². The molecule has 3 fully saturated rings. The molecule has 2 heterocycles. The maximum atomic E-state index is 13.5. The molecule has 6 nitrogen and oxygen atoms in total. The summed E-state index contributed by atoms with van der Waals surface area (Å²) in [6, 6.07) is 7.43. The summed E-state index contributed by atoms with van der Waals surface area (Å²) in [5.41, 5.74) is 2.67. The molecule has 36 heavy (non-hydrogen) atoms. The van der Waals surface area contributed by atoms with Crippen LogP contribution in [0.15, 0.2) is 34.2 Å². The van der Waals surface area contributed by atoms with Crippen molar-refractivity contribution < 1.29 is 18.1 Å². The van der Waals surface area contributed by atoms with Crippen molar-refractivity contribution in [3.05, 3.63) is 46.2 Å². The summed E-state index contributed by atoms with van der Waals surface area (Å²) in [5, 5.41) is 7.45. The fourth-order valence-corrected chi connectivity index (χ4v) is 5.74. The number of nitrogens with zero attached hydrogens (tertiary/aromatic N) is 4. The van der Waals surface area contributed by atoms with Crippen molar-refractivity contribution >= 4 is 22.9 Å². The van der Waals surface area contributed by atoms with Gasteiger partial charge in [-0.2, -0.15) is 4.98 Å². The van der Waals surface area contributed by atoms with Crippen molar-refractivity contribution in [2.75, 3.05) is 11.4 Å². The van der Waals surface area contributed by atoms with E-state index in [1.54, 1.807) is 16.2 Å². The van der Waals surface area contributed by atoms with E-state index in [2.05, 4.69) is 15.5 Å². The maximum absolute atomic E-state index is 13.5. The van der Waals surface area contributed by atoms with Gasteiger partial charge < -0.3 is 9.42 Å². The molecular weight excluding hydrogens is 482 g/mol. The zero-order valence-corrected chi connectivity index (χ0v) is 21.0. The number of unbranched alkanes of at least 4 members (excludes halogenated alkanes) is 2. The van der Waals surface area contributed by atoms with Gasteiger partial charge in [-0.3, -0.25) is 4.79 Å². The first-order valence-corrected chi connectivity index (χ1v) is 13.9. The highest BCUT2D eigenvalue weighted by Crippen LogP contribution is 2.44. The number of rotatable bonds is 11. The Labute approximate surface area is 213 Å². The van der Waals surface area contributed by atoms with Crippen molar-refractivity contribution in [2.45, 2.75) is 82.0 Å². The molecule has 1 amide bonds. The van der Waals surface area contributed by atoms with Gasteiger partial charge in [-0.05, 0) is 63.1 Å². The molecule has 3 aromatic rings. The van der Waals surface area contributed by atoms with Crippen LogP contribution >= 0.6 is 11.3 Å². The Morgan fingerprint density at radius 2 is 1.89 bits per heavy atom. The van der Waals surface area contributed by atoms with Gasteiger partial charge in [0.25, 0.3) is 5.89 Å². The molecule has 3 saturated carbocycles. The van der Waals surface area contributed by atoms with Gasteiger partial charge in [-0.1, -0.05) is 17.6 Å². The number of hydrogen-bond donors (Lipinski definition) is 0. The second-order valence-corrected chi connectivity index (χ2v) is 11.4. The van der Waals surface area contributed by atoms with Crippen molar-refractivity contribution in [3.8, 4) is 11.5 Å². The smallest absolute Gasteiger partial charge is 0.258 e. The lowest BCUT2D eigenvalue weighted by molar-refractivity contribution is -0.147. The normalized spacial score (nSPS) is 19.3. The molecule has 3 aliphatic carbocycles. The minimum atomic E-state index is -2.73. The highest BCUT2D eigenvalue weighted by Gasteiger charge is 2.50. The molecular formula is C27H30F2N4O2S. The van der Waals surface area contributed by atoms with Gasteiger partial charge in [0.15, 0.2) is 5.82 Å². The van der Waals surface area contributed by atoms with Gasteiger partial charge >= 0.3 is 0 Å². The average molecular weight is 513 g/mol. The summed E-state index contributed by atoms with van der Waals surface area (Å²) in [5.74, 6) is -1.38. The number of alkyl halides is 2. The monoisotopic (exact) mass is 512 g/mol. The number of thiazole rings is 1. The van der Waals surface area contributed by atoms with E-state index in [-0.39, 0.29) is 18.7 Å². The number of amides is 1. The Morgan fingerprint density at radius 1 is 1.08 bits per heavy atom. The average Bonchev–Trinajstić information content (AvgIpc) is 3.79. The Balaban J connectivity index is 1.11. The molecule has 0 saturated heterocycles. The number of halogens is 2. The van der Waals surface area contributed by atoms with Crippen molar-refractivity contribution in [3.63, 3.8) is 0 Å². The summed E-state index contributed by atoms with van der Waals surface area (Å²) in [6.45, 7) is 0.493. The van der Waals surface area contributed by atoms with Gasteiger partial charge in [-0.25, -0.2) is 13.8 Å². The summed E-state index contributed by atoms with van der Waals surface area (Å²) >= 11 is 1.74. The number of carbonyl (C=O) groups excluding carboxylic acids is 1. The fourth-order valence-electron chi connectivity index (χ4n) is 4.82. The molecule has 0 atom stereocenters. The zero-order valence-electron chi connectivity index (χ0n) is 20.2. The first-order valence-electron chi connectivity index (χ1n) is 13.0. The van der Waals surface area contributed by atoms with Crippen molar-refractivity contribution in [1.82, 2.24) is 15.1 Å². The van der Waals surface area contributed by atoms with E-state index in [0.717, 1.165) is 49.9 Å². The van der Waals surface area contributed by atoms with Crippen LogP contribution in [0, 0.1) is 5.92 Å². The SMILES string of the molecule is O=C(C1CC(F)(F)C1)N(CCCCCc1nc(C2CC2)cs1)c1cccc(-c2nc(C3CC3)no2)c1. The molecule has 6 rings (SSSR count). The molecule has 0 aliphatic heterocycles. The van der Waals surface area contributed by atoms with Crippen LogP contribution < -0.4 is 4.90 Å². The number of anilines is 1. The van der Waals surface area contributed by atoms with Crippen LogP contribution in [0.4, 0.5) is 14.5 Å². The molecule has 2 aromatic heterocycles. The predicted molar refractivity (Wildman–Crippen MR) is 133 cm³/mol. The predicted octanol–water partition coefficient (Wildman–Crippen LogP) is 6.74. The van der Waals surface area contributed by atoms with Gasteiger partial charge in [0.05, 0.1) is 10.7 Å². The molecule has 3 aliphatic rings. The fraction of sp³-hybridized carbons (Fsp3) is 0.556. The molecule has 0 unspecified atom stereocenters. The van der Waals surface area contributed by atoms with Crippen LogP contribution in [0.25, 0.3) is 11.5 Å². The standard InChI is InChI=1S/C27H30F2N4O2S/c28-27(29)14-20(15-27)26(34)33(12-3-1-2-7-23-30-22(16-36-23)17-8-9-17)21-6-4-5-19(13-21)25-31-24(32-35-25)18-10-11-18/h4-6,13,16-18,20H,1-3,7-12,14-15H2. The van der Waals surface area contributed by atoms with Crippen molar-refractivity contribution in [2.24, 2.45) is 5.92 Å². The van der Waals surface area contributed by atoms with E-state index in [4.69, 9.17) is 9.51 Å². The second-order valence-electron chi connectivity index (χ2n) is 10.5. The molecule has 0 bridgehead atoms. The summed E-state index contributed by atoms with van der Waals surface area (Å²) in [6.07, 6.45) is 7.61. The summed E-state index contributed by atoms with van der Waals surface area (Å²) in [4.78, 5) is 24.2. The van der Waals surface area contributed by atoms with Crippen LogP contribution in [0.5, 0.6) is 0 Å². The largest absolute Gasteiger partial charge is 0.334 e. The van der Waals surface area contributed by atoms with Gasteiger partial charge in [-0.15, -0.1) is 11.3 Å². The van der Waals surface area contributed by atoms with Crippen LogP contribution in [0.3, 0.4) is 0 Å². The summed E-state index contributed by atoms with van der Waals surface area (Å²) < 4.78 is 32.5. The maximum Gasteiger partial charge on any atom is 0.258 e. The lowest BCUT2D eigenvalue weighted by Gasteiger charge is -2.37. The Bertz CT molecular complexity index is 1230. The molecule has 0 spiro atoms. The van der Waals surface area contributed by atoms with E-state index in [1.165, 1.54) is 23.5 Å². The number of carbonyl (C=O) groups is 1. The van der Waals surface area contributed by atoms with Crippen LogP contribution in [0.1, 0.15) is 86.1 Å². The van der Waals surface area contributed by atoms with E-state index >= 15 is 0 Å². The Kier molecular flexibility index (Phi) is 6.35. The number of hydrogen-bond acceptors (Lipinski definition) is 6. The van der Waals surface area contributed by atoms with E-state index in [1.807, 2.05) is 24.3 Å². The van der Waals surface area contributed by atoms with Crippen LogP contribution in [-0.4, -0.2) is 33.5 Å². The second kappa shape index (κ2) is 9.65. The van der Waals surface area contributed by atoms with E-state index in [0.29, 0.717) is 30.0 Å². The van der Waals surface area contributed by atoms with Gasteiger partial charge in [0.2, 0.25) is 11.8 Å². The highest BCUT2D eigenvalue weighted by atomic mass is 32.1. The third-order valence-electron chi connectivity index (χ3n) is 7.33. The Morgan fingerprint density at radius 3 is 2.64 bits per heavy atom. The Hall–Kier alpha value is -2.68. The third-order valence-corrected chi connectivity index (χ3v) is 8.26. The number of benzene rings is 1. The third kappa shape index (κ3) is 5.36. The molecule has 0 N–H and O–H groups in total. The first kappa shape index (κ1) is 23.7. The quantitative estimate of drug-likeness (QED) is 0.266.